The fourth-order valence-corrected chi connectivity index (χ4v) is 3.40. The lowest BCUT2D eigenvalue weighted by Gasteiger charge is -2.36. The number of para-hydroxylation sites is 1. The highest BCUT2D eigenvalue weighted by Crippen LogP contribution is 2.19. The third-order valence-electron chi connectivity index (χ3n) is 4.88. The number of hydrogen-bond acceptors (Lipinski definition) is 3. The summed E-state index contributed by atoms with van der Waals surface area (Å²) in [4.78, 5) is 31.7. The van der Waals surface area contributed by atoms with Gasteiger partial charge in [0.15, 0.2) is 0 Å². The van der Waals surface area contributed by atoms with Gasteiger partial charge in [0.1, 0.15) is 0 Å². The number of piperazine rings is 1. The molecular weight excluding hydrogens is 352 g/mol. The van der Waals surface area contributed by atoms with Crippen LogP contribution in [0, 0.1) is 0 Å². The Hall–Kier alpha value is -2.05. The Kier molecular flexibility index (Phi) is 7.06. The molecule has 1 unspecified atom stereocenters. The summed E-state index contributed by atoms with van der Waals surface area (Å²) in [7, 11) is 0. The molecule has 1 aromatic carbocycles. The molecule has 1 fully saturated rings. The molecule has 0 bridgehead atoms. The molecule has 0 spiro atoms. The average Bonchev–Trinajstić information content (AvgIpc) is 3.04. The third-order valence-corrected chi connectivity index (χ3v) is 4.88. The fraction of sp³-hybridized carbons (Fsp3) is 0.474. The minimum Gasteiger partial charge on any atom is -0.361 e. The number of amides is 2. The third kappa shape index (κ3) is 4.37. The van der Waals surface area contributed by atoms with Gasteiger partial charge in [0.2, 0.25) is 11.8 Å². The first-order chi connectivity index (χ1) is 12.1. The normalized spacial score (nSPS) is 15.6. The standard InChI is InChI=1S/C19H26N4O2.ClH/c1-2-5-16(20)19(25)23-10-8-22(9-11-23)18(24)12-14-13-21-17-7-4-3-6-15(14)17;/h3-4,6-7,13,16,21H,2,5,8-12,20H2,1H3;1H. The van der Waals surface area contributed by atoms with Gasteiger partial charge in [0, 0.05) is 43.3 Å². The van der Waals surface area contributed by atoms with Crippen molar-refractivity contribution in [2.75, 3.05) is 26.2 Å². The van der Waals surface area contributed by atoms with E-state index in [4.69, 9.17) is 5.73 Å². The number of aromatic nitrogens is 1. The van der Waals surface area contributed by atoms with E-state index in [1.165, 1.54) is 0 Å². The molecule has 26 heavy (non-hydrogen) atoms. The second-order valence-corrected chi connectivity index (χ2v) is 6.64. The maximum absolute atomic E-state index is 12.6. The molecule has 1 aliphatic heterocycles. The smallest absolute Gasteiger partial charge is 0.239 e. The Morgan fingerprint density at radius 1 is 1.15 bits per heavy atom. The van der Waals surface area contributed by atoms with Crippen LogP contribution in [-0.2, 0) is 16.0 Å². The molecule has 0 saturated carbocycles. The lowest BCUT2D eigenvalue weighted by atomic mass is 10.1. The van der Waals surface area contributed by atoms with Gasteiger partial charge in [-0.15, -0.1) is 12.4 Å². The Morgan fingerprint density at radius 2 is 1.81 bits per heavy atom. The molecular formula is C19H27ClN4O2. The van der Waals surface area contributed by atoms with E-state index in [-0.39, 0.29) is 24.2 Å². The number of nitrogens with zero attached hydrogens (tertiary/aromatic N) is 2. The van der Waals surface area contributed by atoms with E-state index in [2.05, 4.69) is 4.98 Å². The van der Waals surface area contributed by atoms with E-state index in [0.717, 1.165) is 22.9 Å². The highest BCUT2D eigenvalue weighted by Gasteiger charge is 2.27. The Bertz CT molecular complexity index is 753. The van der Waals surface area contributed by atoms with Crippen molar-refractivity contribution in [3.63, 3.8) is 0 Å². The summed E-state index contributed by atoms with van der Waals surface area (Å²) in [5.74, 6) is 0.111. The Labute approximate surface area is 160 Å². The molecule has 3 rings (SSSR count). The van der Waals surface area contributed by atoms with E-state index in [1.807, 2.05) is 42.3 Å². The van der Waals surface area contributed by atoms with Gasteiger partial charge < -0.3 is 20.5 Å². The number of halogens is 1. The quantitative estimate of drug-likeness (QED) is 0.834. The second kappa shape index (κ2) is 9.05. The summed E-state index contributed by atoms with van der Waals surface area (Å²) in [6.45, 7) is 4.30. The molecule has 7 heteroatoms. The summed E-state index contributed by atoms with van der Waals surface area (Å²) >= 11 is 0. The number of nitrogens with two attached hydrogens (primary N) is 1. The SMILES string of the molecule is CCCC(N)C(=O)N1CCN(C(=O)Cc2c[nH]c3ccccc23)CC1.Cl. The van der Waals surface area contributed by atoms with Crippen molar-refractivity contribution >= 4 is 35.1 Å². The van der Waals surface area contributed by atoms with Gasteiger partial charge in [-0.1, -0.05) is 31.5 Å². The first-order valence-corrected chi connectivity index (χ1v) is 8.97. The fourth-order valence-electron chi connectivity index (χ4n) is 3.40. The number of benzene rings is 1. The van der Waals surface area contributed by atoms with Gasteiger partial charge in [0.05, 0.1) is 12.5 Å². The number of H-pyrrole nitrogens is 1. The molecule has 2 heterocycles. The number of carbonyl (C=O) groups excluding carboxylic acids is 2. The van der Waals surface area contributed by atoms with E-state index in [0.29, 0.717) is 39.0 Å². The van der Waals surface area contributed by atoms with Crippen LogP contribution in [0.25, 0.3) is 10.9 Å². The average molecular weight is 379 g/mol. The lowest BCUT2D eigenvalue weighted by molar-refractivity contribution is -0.140. The Balaban J connectivity index is 0.00000243. The van der Waals surface area contributed by atoms with Crippen LogP contribution in [0.4, 0.5) is 0 Å². The molecule has 2 amide bonds. The molecule has 0 radical (unpaired) electrons. The van der Waals surface area contributed by atoms with Crippen molar-refractivity contribution in [2.24, 2.45) is 5.73 Å². The van der Waals surface area contributed by atoms with Gasteiger partial charge in [-0.25, -0.2) is 0 Å². The van der Waals surface area contributed by atoms with Gasteiger partial charge in [-0.3, -0.25) is 9.59 Å². The van der Waals surface area contributed by atoms with Crippen LogP contribution in [0.1, 0.15) is 25.3 Å². The number of aromatic amines is 1. The zero-order valence-corrected chi connectivity index (χ0v) is 15.9. The molecule has 1 saturated heterocycles. The Morgan fingerprint density at radius 3 is 2.50 bits per heavy atom. The van der Waals surface area contributed by atoms with Crippen molar-refractivity contribution < 1.29 is 9.59 Å². The van der Waals surface area contributed by atoms with Gasteiger partial charge in [-0.2, -0.15) is 0 Å². The monoisotopic (exact) mass is 378 g/mol. The maximum Gasteiger partial charge on any atom is 0.239 e. The number of carbonyl (C=O) groups is 2. The van der Waals surface area contributed by atoms with E-state index < -0.39 is 6.04 Å². The molecule has 1 atom stereocenters. The molecule has 2 aromatic rings. The maximum atomic E-state index is 12.6. The predicted molar refractivity (Wildman–Crippen MR) is 105 cm³/mol. The van der Waals surface area contributed by atoms with Crippen LogP contribution in [-0.4, -0.2) is 58.8 Å². The highest BCUT2D eigenvalue weighted by molar-refractivity contribution is 5.89. The molecule has 0 aliphatic carbocycles. The first kappa shape index (κ1) is 20.3. The highest BCUT2D eigenvalue weighted by atomic mass is 35.5. The summed E-state index contributed by atoms with van der Waals surface area (Å²) in [5, 5.41) is 1.09. The first-order valence-electron chi connectivity index (χ1n) is 8.97. The predicted octanol–water partition coefficient (Wildman–Crippen LogP) is 1.93. The summed E-state index contributed by atoms with van der Waals surface area (Å²) in [5.41, 5.74) is 7.99. The number of rotatable bonds is 5. The van der Waals surface area contributed by atoms with Crippen LogP contribution >= 0.6 is 12.4 Å². The second-order valence-electron chi connectivity index (χ2n) is 6.64. The minimum atomic E-state index is -0.418. The van der Waals surface area contributed by atoms with E-state index in [1.54, 1.807) is 4.90 Å². The van der Waals surface area contributed by atoms with Gasteiger partial charge >= 0.3 is 0 Å². The van der Waals surface area contributed by atoms with Crippen LogP contribution in [0.3, 0.4) is 0 Å². The lowest BCUT2D eigenvalue weighted by Crippen LogP contribution is -2.54. The number of fused-ring (bicyclic) bond motifs is 1. The van der Waals surface area contributed by atoms with Gasteiger partial charge in [-0.05, 0) is 18.1 Å². The van der Waals surface area contributed by atoms with Crippen molar-refractivity contribution in [1.82, 2.24) is 14.8 Å². The summed E-state index contributed by atoms with van der Waals surface area (Å²) < 4.78 is 0. The summed E-state index contributed by atoms with van der Waals surface area (Å²) in [6.07, 6.45) is 3.90. The minimum absolute atomic E-state index is 0. The van der Waals surface area contributed by atoms with Crippen LogP contribution < -0.4 is 5.73 Å². The summed E-state index contributed by atoms with van der Waals surface area (Å²) in [6, 6.07) is 7.57. The van der Waals surface area contributed by atoms with Crippen LogP contribution in [0.15, 0.2) is 30.5 Å². The van der Waals surface area contributed by atoms with E-state index in [9.17, 15) is 9.59 Å². The molecule has 1 aromatic heterocycles. The zero-order chi connectivity index (χ0) is 17.8. The largest absolute Gasteiger partial charge is 0.361 e. The topological polar surface area (TPSA) is 82.4 Å². The van der Waals surface area contributed by atoms with Gasteiger partial charge in [0.25, 0.3) is 0 Å². The van der Waals surface area contributed by atoms with E-state index >= 15 is 0 Å². The van der Waals surface area contributed by atoms with Crippen LogP contribution in [0.5, 0.6) is 0 Å². The van der Waals surface area contributed by atoms with Crippen molar-refractivity contribution in [1.29, 1.82) is 0 Å². The number of hydrogen-bond donors (Lipinski definition) is 2. The van der Waals surface area contributed by atoms with Crippen molar-refractivity contribution in [3.05, 3.63) is 36.0 Å². The van der Waals surface area contributed by atoms with Crippen molar-refractivity contribution in [3.8, 4) is 0 Å². The van der Waals surface area contributed by atoms with Crippen LogP contribution in [0.2, 0.25) is 0 Å². The molecule has 142 valence electrons. The zero-order valence-electron chi connectivity index (χ0n) is 15.1. The number of nitrogens with one attached hydrogen (secondary N) is 1. The molecule has 1 aliphatic rings. The van der Waals surface area contributed by atoms with Crippen molar-refractivity contribution in [2.45, 2.75) is 32.2 Å². The molecule has 3 N–H and O–H groups in total. The molecule has 6 nitrogen and oxygen atoms in total.